The molecule has 1 heterocycles. The van der Waals surface area contributed by atoms with E-state index in [0.717, 1.165) is 30.0 Å². The van der Waals surface area contributed by atoms with E-state index in [-0.39, 0.29) is 6.04 Å². The van der Waals surface area contributed by atoms with Crippen LogP contribution < -0.4 is 9.64 Å². The topological polar surface area (TPSA) is 36.3 Å². The van der Waals surface area contributed by atoms with Gasteiger partial charge < -0.3 is 9.64 Å². The quantitative estimate of drug-likeness (QED) is 0.834. The first-order chi connectivity index (χ1) is 9.83. The van der Waals surface area contributed by atoms with Crippen molar-refractivity contribution < 1.29 is 4.74 Å². The van der Waals surface area contributed by atoms with E-state index in [0.29, 0.717) is 0 Å². The summed E-state index contributed by atoms with van der Waals surface area (Å²) in [5.41, 5.74) is 3.47. The first-order valence-electron chi connectivity index (χ1n) is 6.71. The molecule has 20 heavy (non-hydrogen) atoms. The largest absolute Gasteiger partial charge is 0.497 e. The van der Waals surface area contributed by atoms with E-state index in [2.05, 4.69) is 23.1 Å². The highest BCUT2D eigenvalue weighted by molar-refractivity contribution is 5.55. The third-order valence-electron chi connectivity index (χ3n) is 3.81. The lowest BCUT2D eigenvalue weighted by Crippen LogP contribution is -2.34. The average Bonchev–Trinajstić information content (AvgIpc) is 2.54. The zero-order valence-electron chi connectivity index (χ0n) is 11.4. The Bertz CT molecular complexity index is 643. The summed E-state index contributed by atoms with van der Waals surface area (Å²) < 4.78 is 5.18. The fourth-order valence-corrected chi connectivity index (χ4v) is 2.76. The van der Waals surface area contributed by atoms with Crippen LogP contribution in [0.2, 0.25) is 0 Å². The number of hydrogen-bond acceptors (Lipinski definition) is 3. The minimum atomic E-state index is -0.214. The van der Waals surface area contributed by atoms with Crippen LogP contribution in [0, 0.1) is 11.3 Å². The van der Waals surface area contributed by atoms with Crippen molar-refractivity contribution in [2.45, 2.75) is 12.5 Å². The molecule has 0 aliphatic carbocycles. The molecule has 3 nitrogen and oxygen atoms in total. The predicted molar refractivity (Wildman–Crippen MR) is 78.8 cm³/mol. The van der Waals surface area contributed by atoms with Crippen molar-refractivity contribution in [2.24, 2.45) is 0 Å². The number of methoxy groups -OCH3 is 1. The van der Waals surface area contributed by atoms with Crippen molar-refractivity contribution in [2.75, 3.05) is 18.6 Å². The lowest BCUT2D eigenvalue weighted by atomic mass is 9.93. The average molecular weight is 264 g/mol. The summed E-state index contributed by atoms with van der Waals surface area (Å²) in [6, 6.07) is 18.3. The fourth-order valence-electron chi connectivity index (χ4n) is 2.76. The van der Waals surface area contributed by atoms with Gasteiger partial charge in [0.2, 0.25) is 0 Å². The number of rotatable bonds is 2. The van der Waals surface area contributed by atoms with Crippen LogP contribution in [0.4, 0.5) is 5.69 Å². The molecule has 0 unspecified atom stereocenters. The number of nitrogens with zero attached hydrogens (tertiary/aromatic N) is 2. The number of nitriles is 1. The monoisotopic (exact) mass is 264 g/mol. The molecule has 0 aromatic heterocycles. The maximum Gasteiger partial charge on any atom is 0.142 e. The zero-order chi connectivity index (χ0) is 13.9. The standard InChI is InChI=1S/C17H16N2O/c1-20-15-8-6-14(7-9-15)19-11-10-13-4-2-3-5-16(13)17(19)12-18/h2-9,17H,10-11H2,1H3/t17-/m1/s1. The van der Waals surface area contributed by atoms with Crippen molar-refractivity contribution in [3.8, 4) is 11.8 Å². The van der Waals surface area contributed by atoms with Gasteiger partial charge in [0.1, 0.15) is 11.8 Å². The minimum Gasteiger partial charge on any atom is -0.497 e. The third kappa shape index (κ3) is 2.10. The molecule has 2 aromatic rings. The summed E-state index contributed by atoms with van der Waals surface area (Å²) in [7, 11) is 1.66. The van der Waals surface area contributed by atoms with Gasteiger partial charge in [-0.2, -0.15) is 5.26 Å². The van der Waals surface area contributed by atoms with Gasteiger partial charge in [-0.25, -0.2) is 0 Å². The smallest absolute Gasteiger partial charge is 0.142 e. The summed E-state index contributed by atoms with van der Waals surface area (Å²) in [5.74, 6) is 0.833. The molecule has 0 saturated heterocycles. The van der Waals surface area contributed by atoms with E-state index >= 15 is 0 Å². The predicted octanol–water partition coefficient (Wildman–Crippen LogP) is 3.32. The van der Waals surface area contributed by atoms with Gasteiger partial charge >= 0.3 is 0 Å². The highest BCUT2D eigenvalue weighted by atomic mass is 16.5. The first kappa shape index (κ1) is 12.6. The van der Waals surface area contributed by atoms with E-state index in [9.17, 15) is 5.26 Å². The Hall–Kier alpha value is -2.47. The number of ether oxygens (including phenoxy) is 1. The highest BCUT2D eigenvalue weighted by Crippen LogP contribution is 2.33. The normalized spacial score (nSPS) is 17.2. The molecule has 1 aliphatic heterocycles. The molecule has 0 saturated carbocycles. The molecule has 2 aromatic carbocycles. The van der Waals surface area contributed by atoms with Crippen LogP contribution in [0.1, 0.15) is 17.2 Å². The zero-order valence-corrected chi connectivity index (χ0v) is 11.4. The van der Waals surface area contributed by atoms with Crippen LogP contribution >= 0.6 is 0 Å². The lowest BCUT2D eigenvalue weighted by Gasteiger charge is -2.35. The van der Waals surface area contributed by atoms with Crippen LogP contribution in [0.15, 0.2) is 48.5 Å². The summed E-state index contributed by atoms with van der Waals surface area (Å²) >= 11 is 0. The summed E-state index contributed by atoms with van der Waals surface area (Å²) in [6.45, 7) is 0.863. The number of fused-ring (bicyclic) bond motifs is 1. The molecule has 0 radical (unpaired) electrons. The fraction of sp³-hybridized carbons (Fsp3) is 0.235. The van der Waals surface area contributed by atoms with E-state index in [1.165, 1.54) is 5.56 Å². The number of hydrogen-bond donors (Lipinski definition) is 0. The van der Waals surface area contributed by atoms with E-state index in [4.69, 9.17) is 4.74 Å². The van der Waals surface area contributed by atoms with Crippen molar-refractivity contribution in [1.29, 1.82) is 5.26 Å². The molecular formula is C17H16N2O. The third-order valence-corrected chi connectivity index (χ3v) is 3.81. The highest BCUT2D eigenvalue weighted by Gasteiger charge is 2.26. The molecule has 3 rings (SSSR count). The van der Waals surface area contributed by atoms with E-state index in [1.54, 1.807) is 7.11 Å². The molecule has 0 spiro atoms. The second-order valence-electron chi connectivity index (χ2n) is 4.87. The molecule has 0 bridgehead atoms. The van der Waals surface area contributed by atoms with Crippen LogP contribution in [0.5, 0.6) is 5.75 Å². The van der Waals surface area contributed by atoms with Crippen LogP contribution in [-0.4, -0.2) is 13.7 Å². The van der Waals surface area contributed by atoms with E-state index in [1.807, 2.05) is 36.4 Å². The molecule has 1 atom stereocenters. The second-order valence-corrected chi connectivity index (χ2v) is 4.87. The van der Waals surface area contributed by atoms with Crippen molar-refractivity contribution in [1.82, 2.24) is 0 Å². The van der Waals surface area contributed by atoms with Gasteiger partial charge in [0.05, 0.1) is 13.2 Å². The lowest BCUT2D eigenvalue weighted by molar-refractivity contribution is 0.415. The van der Waals surface area contributed by atoms with Gasteiger partial charge in [-0.1, -0.05) is 24.3 Å². The van der Waals surface area contributed by atoms with Gasteiger partial charge in [0.25, 0.3) is 0 Å². The van der Waals surface area contributed by atoms with Crippen molar-refractivity contribution >= 4 is 5.69 Å². The van der Waals surface area contributed by atoms with Crippen LogP contribution in [-0.2, 0) is 6.42 Å². The van der Waals surface area contributed by atoms with Crippen molar-refractivity contribution in [3.05, 3.63) is 59.7 Å². The Morgan fingerprint density at radius 2 is 1.90 bits per heavy atom. The maximum absolute atomic E-state index is 9.55. The Labute approximate surface area is 119 Å². The Balaban J connectivity index is 1.96. The minimum absolute atomic E-state index is 0.214. The van der Waals surface area contributed by atoms with Crippen LogP contribution in [0.3, 0.4) is 0 Å². The van der Waals surface area contributed by atoms with Gasteiger partial charge in [-0.15, -0.1) is 0 Å². The second kappa shape index (κ2) is 5.26. The molecule has 0 amide bonds. The SMILES string of the molecule is COc1ccc(N2CCc3ccccc3[C@H]2C#N)cc1. The maximum atomic E-state index is 9.55. The summed E-state index contributed by atoms with van der Waals surface area (Å²) in [4.78, 5) is 2.15. The Morgan fingerprint density at radius 1 is 1.15 bits per heavy atom. The van der Waals surface area contributed by atoms with Gasteiger partial charge in [-0.05, 0) is 41.8 Å². The van der Waals surface area contributed by atoms with Crippen LogP contribution in [0.25, 0.3) is 0 Å². The summed E-state index contributed by atoms with van der Waals surface area (Å²) in [6.07, 6.45) is 0.973. The Kier molecular flexibility index (Phi) is 3.30. The first-order valence-corrected chi connectivity index (χ1v) is 6.71. The molecule has 100 valence electrons. The molecule has 3 heteroatoms. The summed E-state index contributed by atoms with van der Waals surface area (Å²) in [5, 5.41) is 9.55. The molecule has 0 fully saturated rings. The molecule has 1 aliphatic rings. The van der Waals surface area contributed by atoms with Gasteiger partial charge in [0, 0.05) is 12.2 Å². The van der Waals surface area contributed by atoms with Gasteiger partial charge in [0.15, 0.2) is 0 Å². The molecule has 0 N–H and O–H groups in total. The Morgan fingerprint density at radius 3 is 2.60 bits per heavy atom. The van der Waals surface area contributed by atoms with E-state index < -0.39 is 0 Å². The number of anilines is 1. The van der Waals surface area contributed by atoms with Gasteiger partial charge in [-0.3, -0.25) is 0 Å². The number of benzene rings is 2. The molecular weight excluding hydrogens is 248 g/mol. The van der Waals surface area contributed by atoms with Crippen molar-refractivity contribution in [3.63, 3.8) is 0 Å².